The summed E-state index contributed by atoms with van der Waals surface area (Å²) in [7, 11) is -3.42. The predicted molar refractivity (Wildman–Crippen MR) is 81.7 cm³/mol. The minimum atomic E-state index is -3.42. The summed E-state index contributed by atoms with van der Waals surface area (Å²) in [6.45, 7) is 1.07. The smallest absolute Gasteiger partial charge is 0.243 e. The molecule has 1 unspecified atom stereocenters. The third-order valence-electron chi connectivity index (χ3n) is 4.70. The molecule has 21 heavy (non-hydrogen) atoms. The van der Waals surface area contributed by atoms with Crippen LogP contribution in [0.25, 0.3) is 0 Å². The third kappa shape index (κ3) is 3.00. The lowest BCUT2D eigenvalue weighted by Gasteiger charge is -2.31. The Kier molecular flexibility index (Phi) is 4.33. The molecule has 1 aromatic rings. The van der Waals surface area contributed by atoms with Crippen LogP contribution in [-0.4, -0.2) is 37.5 Å². The second-order valence-electron chi connectivity index (χ2n) is 6.19. The van der Waals surface area contributed by atoms with Crippen molar-refractivity contribution in [1.82, 2.24) is 4.31 Å². The number of piperidine rings is 1. The summed E-state index contributed by atoms with van der Waals surface area (Å²) in [4.78, 5) is 0.418. The van der Waals surface area contributed by atoms with Crippen LogP contribution in [0.2, 0.25) is 0 Å². The highest BCUT2D eigenvalue weighted by atomic mass is 32.2. The van der Waals surface area contributed by atoms with Gasteiger partial charge in [0.25, 0.3) is 0 Å². The van der Waals surface area contributed by atoms with Crippen molar-refractivity contribution in [1.29, 1.82) is 0 Å². The Morgan fingerprint density at radius 2 is 1.90 bits per heavy atom. The molecular weight excluding hydrogens is 286 g/mol. The number of hydrogen-bond acceptors (Lipinski definition) is 3. The highest BCUT2D eigenvalue weighted by Gasteiger charge is 2.30. The van der Waals surface area contributed by atoms with E-state index in [1.807, 2.05) is 12.1 Å². The fraction of sp³-hybridized carbons (Fsp3) is 0.625. The molecule has 1 N–H and O–H groups in total. The van der Waals surface area contributed by atoms with Crippen molar-refractivity contribution in [3.05, 3.63) is 29.3 Å². The number of rotatable bonds is 3. The van der Waals surface area contributed by atoms with E-state index >= 15 is 0 Å². The van der Waals surface area contributed by atoms with Crippen LogP contribution in [0, 0.1) is 5.92 Å². The maximum absolute atomic E-state index is 12.8. The Bertz CT molecular complexity index is 612. The van der Waals surface area contributed by atoms with Crippen molar-refractivity contribution >= 4 is 10.0 Å². The standard InChI is InChI=1S/C16H23NO3S/c18-12-13-4-3-9-17(11-13)21(19,20)16-8-7-14-5-1-2-6-15(14)10-16/h7-8,10,13,18H,1-6,9,11-12H2. The normalized spacial score (nSPS) is 23.8. The SMILES string of the molecule is O=S(=O)(c1ccc2c(c1)CCCC2)N1CCCC(CO)C1. The molecule has 0 amide bonds. The summed E-state index contributed by atoms with van der Waals surface area (Å²) in [6.07, 6.45) is 6.13. The molecule has 1 aromatic carbocycles. The molecule has 0 radical (unpaired) electrons. The van der Waals surface area contributed by atoms with Crippen LogP contribution in [0.15, 0.2) is 23.1 Å². The lowest BCUT2D eigenvalue weighted by molar-refractivity contribution is 0.165. The number of aliphatic hydroxyl groups is 1. The van der Waals surface area contributed by atoms with Crippen LogP contribution in [0.3, 0.4) is 0 Å². The molecule has 1 heterocycles. The van der Waals surface area contributed by atoms with Gasteiger partial charge in [0.1, 0.15) is 0 Å². The highest BCUT2D eigenvalue weighted by molar-refractivity contribution is 7.89. The Hall–Kier alpha value is -0.910. The summed E-state index contributed by atoms with van der Waals surface area (Å²) < 4.78 is 27.1. The number of aryl methyl sites for hydroxylation is 2. The first-order valence-electron chi connectivity index (χ1n) is 7.84. The summed E-state index contributed by atoms with van der Waals surface area (Å²) in [5.41, 5.74) is 2.49. The van der Waals surface area contributed by atoms with Crippen molar-refractivity contribution in [2.45, 2.75) is 43.4 Å². The molecule has 1 aliphatic carbocycles. The van der Waals surface area contributed by atoms with Gasteiger partial charge >= 0.3 is 0 Å². The number of aliphatic hydroxyl groups excluding tert-OH is 1. The van der Waals surface area contributed by atoms with E-state index in [1.165, 1.54) is 17.5 Å². The molecule has 3 rings (SSSR count). The highest BCUT2D eigenvalue weighted by Crippen LogP contribution is 2.28. The topological polar surface area (TPSA) is 57.6 Å². The molecule has 1 atom stereocenters. The minimum absolute atomic E-state index is 0.0657. The molecule has 1 saturated heterocycles. The number of nitrogens with zero attached hydrogens (tertiary/aromatic N) is 1. The van der Waals surface area contributed by atoms with Crippen molar-refractivity contribution in [3.8, 4) is 0 Å². The van der Waals surface area contributed by atoms with Crippen LogP contribution in [-0.2, 0) is 22.9 Å². The Morgan fingerprint density at radius 1 is 1.14 bits per heavy atom. The first-order chi connectivity index (χ1) is 10.1. The van der Waals surface area contributed by atoms with Gasteiger partial charge in [-0.25, -0.2) is 8.42 Å². The number of fused-ring (bicyclic) bond motifs is 1. The average molecular weight is 309 g/mol. The zero-order valence-corrected chi connectivity index (χ0v) is 13.1. The van der Waals surface area contributed by atoms with Gasteiger partial charge in [-0.2, -0.15) is 4.31 Å². The molecule has 5 heteroatoms. The van der Waals surface area contributed by atoms with Crippen LogP contribution >= 0.6 is 0 Å². The maximum atomic E-state index is 12.8. The van der Waals surface area contributed by atoms with Gasteiger partial charge in [-0.15, -0.1) is 0 Å². The molecule has 0 spiro atoms. The fourth-order valence-corrected chi connectivity index (χ4v) is 5.02. The van der Waals surface area contributed by atoms with Crippen LogP contribution in [0.4, 0.5) is 0 Å². The Labute approximate surface area is 126 Å². The second kappa shape index (κ2) is 6.07. The van der Waals surface area contributed by atoms with E-state index in [2.05, 4.69) is 0 Å². The predicted octanol–water partition coefficient (Wildman–Crippen LogP) is 1.96. The summed E-state index contributed by atoms with van der Waals surface area (Å²) in [6, 6.07) is 5.60. The van der Waals surface area contributed by atoms with E-state index in [4.69, 9.17) is 0 Å². The van der Waals surface area contributed by atoms with Gasteiger partial charge in [0.2, 0.25) is 10.0 Å². The minimum Gasteiger partial charge on any atom is -0.396 e. The van der Waals surface area contributed by atoms with E-state index in [1.54, 1.807) is 10.4 Å². The number of hydrogen-bond donors (Lipinski definition) is 1. The zero-order chi connectivity index (χ0) is 14.9. The summed E-state index contributed by atoms with van der Waals surface area (Å²) in [5.74, 6) is 0.0751. The van der Waals surface area contributed by atoms with E-state index < -0.39 is 10.0 Å². The molecule has 0 saturated carbocycles. The maximum Gasteiger partial charge on any atom is 0.243 e. The summed E-state index contributed by atoms with van der Waals surface area (Å²) in [5, 5.41) is 9.28. The van der Waals surface area contributed by atoms with Crippen molar-refractivity contribution in [2.24, 2.45) is 5.92 Å². The Morgan fingerprint density at radius 3 is 2.67 bits per heavy atom. The van der Waals surface area contributed by atoms with Gasteiger partial charge < -0.3 is 5.11 Å². The fourth-order valence-electron chi connectivity index (χ4n) is 3.41. The van der Waals surface area contributed by atoms with Gasteiger partial charge in [0.05, 0.1) is 4.90 Å². The van der Waals surface area contributed by atoms with E-state index in [9.17, 15) is 13.5 Å². The van der Waals surface area contributed by atoms with Gasteiger partial charge in [-0.1, -0.05) is 6.07 Å². The van der Waals surface area contributed by atoms with Gasteiger partial charge in [0, 0.05) is 19.7 Å². The van der Waals surface area contributed by atoms with Gasteiger partial charge in [0.15, 0.2) is 0 Å². The monoisotopic (exact) mass is 309 g/mol. The lowest BCUT2D eigenvalue weighted by atomic mass is 9.92. The molecule has 2 aliphatic rings. The van der Waals surface area contributed by atoms with E-state index in [0.29, 0.717) is 18.0 Å². The van der Waals surface area contributed by atoms with Gasteiger partial charge in [-0.05, 0) is 67.7 Å². The molecule has 0 bridgehead atoms. The van der Waals surface area contributed by atoms with Crippen molar-refractivity contribution in [2.75, 3.05) is 19.7 Å². The van der Waals surface area contributed by atoms with Crippen LogP contribution in [0.1, 0.15) is 36.8 Å². The lowest BCUT2D eigenvalue weighted by Crippen LogP contribution is -2.40. The first kappa shape index (κ1) is 15.0. The van der Waals surface area contributed by atoms with Crippen LogP contribution in [0.5, 0.6) is 0 Å². The largest absolute Gasteiger partial charge is 0.396 e. The van der Waals surface area contributed by atoms with Crippen molar-refractivity contribution < 1.29 is 13.5 Å². The third-order valence-corrected chi connectivity index (χ3v) is 6.56. The Balaban J connectivity index is 1.87. The van der Waals surface area contributed by atoms with Crippen molar-refractivity contribution in [3.63, 3.8) is 0 Å². The van der Waals surface area contributed by atoms with E-state index in [0.717, 1.165) is 32.1 Å². The van der Waals surface area contributed by atoms with E-state index in [-0.39, 0.29) is 12.5 Å². The molecule has 1 aliphatic heterocycles. The second-order valence-corrected chi connectivity index (χ2v) is 8.13. The molecule has 116 valence electrons. The first-order valence-corrected chi connectivity index (χ1v) is 9.28. The van der Waals surface area contributed by atoms with Crippen LogP contribution < -0.4 is 0 Å². The van der Waals surface area contributed by atoms with Gasteiger partial charge in [-0.3, -0.25) is 0 Å². The number of benzene rings is 1. The average Bonchev–Trinajstić information content (AvgIpc) is 2.54. The zero-order valence-electron chi connectivity index (χ0n) is 12.3. The molecular formula is C16H23NO3S. The molecule has 1 fully saturated rings. The molecule has 0 aromatic heterocycles. The quantitative estimate of drug-likeness (QED) is 0.928. The number of sulfonamides is 1. The molecule has 4 nitrogen and oxygen atoms in total. The summed E-state index contributed by atoms with van der Waals surface area (Å²) >= 11 is 0.